The minimum Gasteiger partial charge on any atom is -0.344 e. The van der Waals surface area contributed by atoms with Crippen LogP contribution >= 0.6 is 11.6 Å². The number of benzene rings is 2. The second-order valence-electron chi connectivity index (χ2n) is 6.41. The number of nitrogens with zero attached hydrogens (tertiary/aromatic N) is 2. The summed E-state index contributed by atoms with van der Waals surface area (Å²) in [4.78, 5) is 21.4. The van der Waals surface area contributed by atoms with Gasteiger partial charge in [-0.1, -0.05) is 48.0 Å². The van der Waals surface area contributed by atoms with E-state index in [2.05, 4.69) is 20.6 Å². The molecule has 5 nitrogen and oxygen atoms in total. The maximum Gasteiger partial charge on any atom is 0.270 e. The second kappa shape index (κ2) is 8.18. The van der Waals surface area contributed by atoms with Gasteiger partial charge in [0.1, 0.15) is 5.69 Å². The van der Waals surface area contributed by atoms with E-state index < -0.39 is 0 Å². The number of rotatable bonds is 5. The third-order valence-corrected chi connectivity index (χ3v) is 4.42. The van der Waals surface area contributed by atoms with Gasteiger partial charge in [-0.15, -0.1) is 0 Å². The summed E-state index contributed by atoms with van der Waals surface area (Å²) in [5.74, 6) is 0.112. The average Bonchev–Trinajstić information content (AvgIpc) is 2.65. The third-order valence-electron chi connectivity index (χ3n) is 4.18. The molecule has 0 saturated carbocycles. The lowest BCUT2D eigenvalue weighted by Crippen LogP contribution is -2.27. The van der Waals surface area contributed by atoms with Crippen LogP contribution in [0.4, 0.5) is 11.6 Å². The Labute approximate surface area is 163 Å². The van der Waals surface area contributed by atoms with Crippen LogP contribution in [-0.4, -0.2) is 15.9 Å². The molecule has 0 aliphatic carbocycles. The molecule has 3 aromatic rings. The number of halogens is 1. The van der Waals surface area contributed by atoms with Crippen LogP contribution in [0.25, 0.3) is 0 Å². The lowest BCUT2D eigenvalue weighted by atomic mass is 10.1. The predicted molar refractivity (Wildman–Crippen MR) is 109 cm³/mol. The van der Waals surface area contributed by atoms with Gasteiger partial charge >= 0.3 is 0 Å². The fourth-order valence-electron chi connectivity index (χ4n) is 2.69. The summed E-state index contributed by atoms with van der Waals surface area (Å²) in [5, 5.41) is 6.74. The second-order valence-corrected chi connectivity index (χ2v) is 6.84. The third kappa shape index (κ3) is 4.83. The Morgan fingerprint density at radius 2 is 1.78 bits per heavy atom. The summed E-state index contributed by atoms with van der Waals surface area (Å²) < 4.78 is 0. The molecule has 27 heavy (non-hydrogen) atoms. The number of anilines is 2. The summed E-state index contributed by atoms with van der Waals surface area (Å²) in [6.07, 6.45) is 0. The van der Waals surface area contributed by atoms with Gasteiger partial charge < -0.3 is 10.6 Å². The zero-order valence-electron chi connectivity index (χ0n) is 15.5. The van der Waals surface area contributed by atoms with Gasteiger partial charge in [0.2, 0.25) is 5.95 Å². The van der Waals surface area contributed by atoms with Crippen molar-refractivity contribution in [3.8, 4) is 0 Å². The maximum absolute atomic E-state index is 12.7. The molecule has 1 aromatic heterocycles. The number of hydrogen-bond acceptors (Lipinski definition) is 4. The molecule has 1 unspecified atom stereocenters. The van der Waals surface area contributed by atoms with E-state index in [1.165, 1.54) is 0 Å². The topological polar surface area (TPSA) is 66.9 Å². The molecule has 1 amide bonds. The van der Waals surface area contributed by atoms with Gasteiger partial charge in [-0.25, -0.2) is 9.97 Å². The maximum atomic E-state index is 12.7. The normalized spacial score (nSPS) is 11.7. The molecule has 138 valence electrons. The summed E-state index contributed by atoms with van der Waals surface area (Å²) in [6, 6.07) is 16.9. The SMILES string of the molecule is Cc1cc(C(=O)NC(C)c2ccccc2)nc(Nc2cc(Cl)ccc2C)n1. The zero-order chi connectivity index (χ0) is 19.4. The molecule has 0 radical (unpaired) electrons. The highest BCUT2D eigenvalue weighted by atomic mass is 35.5. The Balaban J connectivity index is 1.80. The summed E-state index contributed by atoms with van der Waals surface area (Å²) >= 11 is 6.07. The van der Waals surface area contributed by atoms with E-state index in [4.69, 9.17) is 11.6 Å². The van der Waals surface area contributed by atoms with Gasteiger partial charge in [-0.05, 0) is 50.1 Å². The van der Waals surface area contributed by atoms with Crippen LogP contribution in [-0.2, 0) is 0 Å². The van der Waals surface area contributed by atoms with Crippen LogP contribution in [0.1, 0.15) is 40.3 Å². The molecule has 1 atom stereocenters. The molecule has 2 aromatic carbocycles. The summed E-state index contributed by atoms with van der Waals surface area (Å²) in [5.41, 5.74) is 3.85. The molecule has 0 bridgehead atoms. The predicted octanol–water partition coefficient (Wildman–Crippen LogP) is 4.98. The van der Waals surface area contributed by atoms with Crippen molar-refractivity contribution in [2.45, 2.75) is 26.8 Å². The minimum absolute atomic E-state index is 0.124. The van der Waals surface area contributed by atoms with Crippen molar-refractivity contribution < 1.29 is 4.79 Å². The standard InChI is InChI=1S/C21H21ClN4O/c1-13-9-10-17(22)12-18(13)25-21-23-14(2)11-19(26-21)20(27)24-15(3)16-7-5-4-6-8-16/h4-12,15H,1-3H3,(H,24,27)(H,23,25,26). The quantitative estimate of drug-likeness (QED) is 0.655. The monoisotopic (exact) mass is 380 g/mol. The number of nitrogens with one attached hydrogen (secondary N) is 2. The van der Waals surface area contributed by atoms with Crippen LogP contribution in [0.15, 0.2) is 54.6 Å². The first kappa shape index (κ1) is 18.9. The van der Waals surface area contributed by atoms with Crippen LogP contribution in [0.5, 0.6) is 0 Å². The Hall–Kier alpha value is -2.92. The highest BCUT2D eigenvalue weighted by Crippen LogP contribution is 2.23. The van der Waals surface area contributed by atoms with E-state index in [1.807, 2.05) is 63.2 Å². The fourth-order valence-corrected chi connectivity index (χ4v) is 2.86. The van der Waals surface area contributed by atoms with E-state index >= 15 is 0 Å². The molecule has 1 heterocycles. The molecule has 3 rings (SSSR count). The van der Waals surface area contributed by atoms with Crippen molar-refractivity contribution in [3.05, 3.63) is 82.1 Å². The van der Waals surface area contributed by atoms with Crippen molar-refractivity contribution in [2.24, 2.45) is 0 Å². The largest absolute Gasteiger partial charge is 0.344 e. The van der Waals surface area contributed by atoms with Gasteiger partial charge in [0, 0.05) is 16.4 Å². The molecule has 6 heteroatoms. The first-order valence-electron chi connectivity index (χ1n) is 8.67. The van der Waals surface area contributed by atoms with Gasteiger partial charge in [0.15, 0.2) is 0 Å². The molecular weight excluding hydrogens is 360 g/mol. The minimum atomic E-state index is -0.247. The van der Waals surface area contributed by atoms with Gasteiger partial charge in [0.05, 0.1) is 6.04 Å². The van der Waals surface area contributed by atoms with E-state index in [0.29, 0.717) is 22.4 Å². The number of carbonyl (C=O) groups is 1. The molecule has 0 fully saturated rings. The lowest BCUT2D eigenvalue weighted by Gasteiger charge is -2.15. The lowest BCUT2D eigenvalue weighted by molar-refractivity contribution is 0.0934. The fraction of sp³-hybridized carbons (Fsp3) is 0.190. The highest BCUT2D eigenvalue weighted by molar-refractivity contribution is 6.30. The number of hydrogen-bond donors (Lipinski definition) is 2. The van der Waals surface area contributed by atoms with E-state index in [0.717, 1.165) is 16.8 Å². The van der Waals surface area contributed by atoms with Gasteiger partial charge in [0.25, 0.3) is 5.91 Å². The van der Waals surface area contributed by atoms with Crippen LogP contribution in [0.3, 0.4) is 0 Å². The Morgan fingerprint density at radius 1 is 1.04 bits per heavy atom. The Kier molecular flexibility index (Phi) is 5.72. The summed E-state index contributed by atoms with van der Waals surface area (Å²) in [7, 11) is 0. The molecule has 0 aliphatic rings. The molecule has 2 N–H and O–H groups in total. The molecule has 0 saturated heterocycles. The number of carbonyl (C=O) groups excluding carboxylic acids is 1. The van der Waals surface area contributed by atoms with E-state index in [1.54, 1.807) is 12.1 Å². The van der Waals surface area contributed by atoms with Crippen molar-refractivity contribution in [1.82, 2.24) is 15.3 Å². The summed E-state index contributed by atoms with van der Waals surface area (Å²) in [6.45, 7) is 5.73. The van der Waals surface area contributed by atoms with Crippen molar-refractivity contribution >= 4 is 29.1 Å². The Morgan fingerprint density at radius 3 is 2.52 bits per heavy atom. The molecule has 0 aliphatic heterocycles. The average molecular weight is 381 g/mol. The van der Waals surface area contributed by atoms with Crippen LogP contribution in [0, 0.1) is 13.8 Å². The number of aromatic nitrogens is 2. The van der Waals surface area contributed by atoms with Crippen molar-refractivity contribution in [1.29, 1.82) is 0 Å². The highest BCUT2D eigenvalue weighted by Gasteiger charge is 2.15. The van der Waals surface area contributed by atoms with E-state index in [9.17, 15) is 4.79 Å². The number of amides is 1. The number of aryl methyl sites for hydroxylation is 2. The molecule has 0 spiro atoms. The Bertz CT molecular complexity index is 960. The van der Waals surface area contributed by atoms with Gasteiger partial charge in [-0.3, -0.25) is 4.79 Å². The molecular formula is C21H21ClN4O. The first-order chi connectivity index (χ1) is 12.9. The van der Waals surface area contributed by atoms with Gasteiger partial charge in [-0.2, -0.15) is 0 Å². The van der Waals surface area contributed by atoms with Crippen LogP contribution in [0.2, 0.25) is 5.02 Å². The first-order valence-corrected chi connectivity index (χ1v) is 9.05. The smallest absolute Gasteiger partial charge is 0.270 e. The van der Waals surface area contributed by atoms with Crippen LogP contribution < -0.4 is 10.6 Å². The van der Waals surface area contributed by atoms with E-state index in [-0.39, 0.29) is 11.9 Å². The van der Waals surface area contributed by atoms with Crippen molar-refractivity contribution in [3.63, 3.8) is 0 Å². The zero-order valence-corrected chi connectivity index (χ0v) is 16.2. The van der Waals surface area contributed by atoms with Crippen molar-refractivity contribution in [2.75, 3.05) is 5.32 Å².